The molecule has 5 nitrogen and oxygen atoms in total. The van der Waals surface area contributed by atoms with Crippen LogP contribution in [0, 0.1) is 0 Å². The van der Waals surface area contributed by atoms with Crippen molar-refractivity contribution in [1.29, 1.82) is 0 Å². The van der Waals surface area contributed by atoms with Gasteiger partial charge in [-0.25, -0.2) is 0 Å². The zero-order valence-corrected chi connectivity index (χ0v) is 16.0. The fourth-order valence-electron chi connectivity index (χ4n) is 3.36. The van der Waals surface area contributed by atoms with Crippen molar-refractivity contribution >= 4 is 52.5 Å². The van der Waals surface area contributed by atoms with E-state index in [0.29, 0.717) is 21.8 Å². The molecule has 2 unspecified atom stereocenters. The van der Waals surface area contributed by atoms with E-state index in [1.54, 1.807) is 23.1 Å². The number of primary amides is 1. The van der Waals surface area contributed by atoms with Crippen LogP contribution in [0.4, 0.5) is 5.69 Å². The molecule has 25 heavy (non-hydrogen) atoms. The Kier molecular flexibility index (Phi) is 6.15. The van der Waals surface area contributed by atoms with Gasteiger partial charge in [0.05, 0.1) is 16.0 Å². The number of carbonyl (C=O) groups excluding carboxylic acids is 2. The van der Waals surface area contributed by atoms with Gasteiger partial charge in [0.25, 0.3) is 0 Å². The largest absolute Gasteiger partial charge is 0.370 e. The Bertz CT molecular complexity index is 667. The molecule has 1 aromatic carbocycles. The molecule has 136 valence electrons. The number of carbonyl (C=O) groups is 2. The van der Waals surface area contributed by atoms with Crippen molar-refractivity contribution in [2.75, 3.05) is 4.90 Å². The van der Waals surface area contributed by atoms with Crippen molar-refractivity contribution in [3.05, 3.63) is 28.2 Å². The molecule has 1 saturated heterocycles. The maximum Gasteiger partial charge on any atom is 0.242 e. The fourth-order valence-corrected chi connectivity index (χ4v) is 5.15. The Labute approximate surface area is 161 Å². The first-order valence-electron chi connectivity index (χ1n) is 8.43. The average Bonchev–Trinajstić information content (AvgIpc) is 2.86. The summed E-state index contributed by atoms with van der Waals surface area (Å²) in [6.45, 7) is 0. The number of halogens is 2. The van der Waals surface area contributed by atoms with Gasteiger partial charge in [-0.2, -0.15) is 0 Å². The van der Waals surface area contributed by atoms with Crippen LogP contribution < -0.4 is 16.0 Å². The molecular weight excluding hydrogens is 381 g/mol. The molecule has 0 aromatic heterocycles. The number of hydrogen-bond acceptors (Lipinski definition) is 4. The van der Waals surface area contributed by atoms with E-state index in [4.69, 9.17) is 28.9 Å². The molecule has 1 heterocycles. The van der Waals surface area contributed by atoms with E-state index in [1.165, 1.54) is 31.0 Å². The van der Waals surface area contributed by atoms with Crippen molar-refractivity contribution in [3.8, 4) is 0 Å². The standard InChI is InChI=1S/C17H21Cl2N3O2S/c18-10-6-7-12(19)13(8-10)22-16(24)14(9-15(20)23)25-17(22)21-11-4-2-1-3-5-11/h6-8,11,14,17,21H,1-5,9H2,(H2,20,23). The first kappa shape index (κ1) is 18.8. The first-order chi connectivity index (χ1) is 12.0. The second-order valence-corrected chi connectivity index (χ2v) is 8.58. The third kappa shape index (κ3) is 4.42. The minimum Gasteiger partial charge on any atom is -0.370 e. The van der Waals surface area contributed by atoms with E-state index < -0.39 is 11.2 Å². The van der Waals surface area contributed by atoms with Gasteiger partial charge < -0.3 is 5.73 Å². The van der Waals surface area contributed by atoms with Crippen LogP contribution in [0.25, 0.3) is 0 Å². The molecule has 3 rings (SSSR count). The average molecular weight is 402 g/mol. The normalized spacial score (nSPS) is 24.7. The van der Waals surface area contributed by atoms with Gasteiger partial charge in [-0.15, -0.1) is 11.8 Å². The Morgan fingerprint density at radius 3 is 2.68 bits per heavy atom. The van der Waals surface area contributed by atoms with Gasteiger partial charge in [-0.3, -0.25) is 19.8 Å². The van der Waals surface area contributed by atoms with Gasteiger partial charge in [0.1, 0.15) is 5.50 Å². The van der Waals surface area contributed by atoms with Crippen LogP contribution in [0.5, 0.6) is 0 Å². The minimum atomic E-state index is -0.506. The smallest absolute Gasteiger partial charge is 0.242 e. The highest BCUT2D eigenvalue weighted by atomic mass is 35.5. The zero-order chi connectivity index (χ0) is 18.0. The van der Waals surface area contributed by atoms with Crippen LogP contribution in [-0.2, 0) is 9.59 Å². The summed E-state index contributed by atoms with van der Waals surface area (Å²) in [4.78, 5) is 25.9. The van der Waals surface area contributed by atoms with E-state index in [0.717, 1.165) is 12.8 Å². The van der Waals surface area contributed by atoms with Gasteiger partial charge in [0, 0.05) is 17.5 Å². The molecule has 1 aliphatic heterocycles. The monoisotopic (exact) mass is 401 g/mol. The molecule has 0 bridgehead atoms. The van der Waals surface area contributed by atoms with Crippen LogP contribution in [0.15, 0.2) is 18.2 Å². The topological polar surface area (TPSA) is 75.4 Å². The number of amides is 2. The van der Waals surface area contributed by atoms with Gasteiger partial charge in [-0.05, 0) is 31.0 Å². The molecular formula is C17H21Cl2N3O2S. The van der Waals surface area contributed by atoms with Crippen molar-refractivity contribution < 1.29 is 9.59 Å². The molecule has 2 fully saturated rings. The summed E-state index contributed by atoms with van der Waals surface area (Å²) in [5, 5.41) is 4.01. The lowest BCUT2D eigenvalue weighted by Gasteiger charge is -2.31. The number of hydrogen-bond donors (Lipinski definition) is 2. The van der Waals surface area contributed by atoms with Gasteiger partial charge in [-0.1, -0.05) is 42.5 Å². The van der Waals surface area contributed by atoms with Crippen LogP contribution in [0.2, 0.25) is 10.0 Å². The van der Waals surface area contributed by atoms with Crippen molar-refractivity contribution in [2.45, 2.75) is 55.3 Å². The third-order valence-corrected chi connectivity index (χ3v) is 6.43. The Hall–Kier alpha value is -0.950. The molecule has 0 spiro atoms. The second kappa shape index (κ2) is 8.16. The molecule has 1 aromatic rings. The van der Waals surface area contributed by atoms with Crippen LogP contribution in [-0.4, -0.2) is 28.6 Å². The molecule has 3 N–H and O–H groups in total. The summed E-state index contributed by atoms with van der Waals surface area (Å²) in [5.74, 6) is -0.650. The SMILES string of the molecule is NC(=O)CC1SC(NC2CCCCC2)N(c2cc(Cl)ccc2Cl)C1=O. The number of rotatable bonds is 5. The summed E-state index contributed by atoms with van der Waals surface area (Å²) in [6, 6.07) is 5.40. The Morgan fingerprint density at radius 1 is 1.28 bits per heavy atom. The Balaban J connectivity index is 1.87. The van der Waals surface area contributed by atoms with Crippen LogP contribution in [0.1, 0.15) is 38.5 Å². The number of nitrogens with zero attached hydrogens (tertiary/aromatic N) is 1. The maximum atomic E-state index is 12.9. The lowest BCUT2D eigenvalue weighted by atomic mass is 9.96. The summed E-state index contributed by atoms with van der Waals surface area (Å²) in [6.07, 6.45) is 5.81. The maximum absolute atomic E-state index is 12.9. The van der Waals surface area contributed by atoms with E-state index in [9.17, 15) is 9.59 Å². The van der Waals surface area contributed by atoms with E-state index >= 15 is 0 Å². The number of anilines is 1. The molecule has 1 aliphatic carbocycles. The second-order valence-electron chi connectivity index (χ2n) is 6.45. The van der Waals surface area contributed by atoms with Crippen molar-refractivity contribution in [1.82, 2.24) is 5.32 Å². The molecule has 0 radical (unpaired) electrons. The highest BCUT2D eigenvalue weighted by Gasteiger charge is 2.43. The first-order valence-corrected chi connectivity index (χ1v) is 10.1. The molecule has 2 atom stereocenters. The summed E-state index contributed by atoms with van der Waals surface area (Å²) < 4.78 is 0. The van der Waals surface area contributed by atoms with E-state index in [-0.39, 0.29) is 17.8 Å². The lowest BCUT2D eigenvalue weighted by Crippen LogP contribution is -2.47. The predicted molar refractivity (Wildman–Crippen MR) is 103 cm³/mol. The van der Waals surface area contributed by atoms with E-state index in [1.807, 2.05) is 0 Å². The number of benzene rings is 1. The summed E-state index contributed by atoms with van der Waals surface area (Å²) >= 11 is 13.8. The quantitative estimate of drug-likeness (QED) is 0.790. The summed E-state index contributed by atoms with van der Waals surface area (Å²) in [7, 11) is 0. The van der Waals surface area contributed by atoms with E-state index in [2.05, 4.69) is 5.32 Å². The van der Waals surface area contributed by atoms with Gasteiger partial charge >= 0.3 is 0 Å². The minimum absolute atomic E-state index is 0.0149. The number of nitrogens with one attached hydrogen (secondary N) is 1. The van der Waals surface area contributed by atoms with Crippen molar-refractivity contribution in [3.63, 3.8) is 0 Å². The van der Waals surface area contributed by atoms with Crippen molar-refractivity contribution in [2.24, 2.45) is 5.73 Å². The van der Waals surface area contributed by atoms with Crippen LogP contribution in [0.3, 0.4) is 0 Å². The molecule has 8 heteroatoms. The van der Waals surface area contributed by atoms with Gasteiger partial charge in [0.2, 0.25) is 11.8 Å². The molecule has 1 saturated carbocycles. The van der Waals surface area contributed by atoms with Gasteiger partial charge in [0.15, 0.2) is 0 Å². The molecule has 2 aliphatic rings. The lowest BCUT2D eigenvalue weighted by molar-refractivity contribution is -0.122. The third-order valence-electron chi connectivity index (χ3n) is 4.58. The highest BCUT2D eigenvalue weighted by Crippen LogP contribution is 2.40. The number of nitrogens with two attached hydrogens (primary N) is 1. The van der Waals surface area contributed by atoms with Crippen LogP contribution >= 0.6 is 35.0 Å². The Morgan fingerprint density at radius 2 is 2.00 bits per heavy atom. The zero-order valence-electron chi connectivity index (χ0n) is 13.7. The molecule has 2 amide bonds. The highest BCUT2D eigenvalue weighted by molar-refractivity contribution is 8.01. The summed E-state index contributed by atoms with van der Waals surface area (Å²) in [5.41, 5.74) is 5.59. The number of thioether (sulfide) groups is 1. The fraction of sp³-hybridized carbons (Fsp3) is 0.529. The predicted octanol–water partition coefficient (Wildman–Crippen LogP) is 3.52.